The van der Waals surface area contributed by atoms with Gasteiger partial charge in [-0.1, -0.05) is 12.1 Å². The first-order chi connectivity index (χ1) is 11.3. The summed E-state index contributed by atoms with van der Waals surface area (Å²) in [5.74, 6) is -11.8. The zero-order valence-electron chi connectivity index (χ0n) is 11.3. The van der Waals surface area contributed by atoms with Gasteiger partial charge in [0.15, 0.2) is 17.3 Å². The second kappa shape index (κ2) is 5.11. The Balaban J connectivity index is 2.34. The molecule has 0 bridgehead atoms. The second-order valence-electron chi connectivity index (χ2n) is 4.70. The third-order valence-electron chi connectivity index (χ3n) is 3.42. The molecule has 0 aromatic heterocycles. The van der Waals surface area contributed by atoms with E-state index >= 15 is 0 Å². The predicted molar refractivity (Wildman–Crippen MR) is 70.5 cm³/mol. The molecule has 2 aromatic rings. The van der Waals surface area contributed by atoms with Crippen LogP contribution in [0.5, 0.6) is 0 Å². The number of nitro benzene ring substituents is 1. The third-order valence-corrected chi connectivity index (χ3v) is 3.42. The van der Waals surface area contributed by atoms with Crippen LogP contribution >= 0.6 is 0 Å². The van der Waals surface area contributed by atoms with Crippen LogP contribution in [0.4, 0.5) is 28.9 Å². The summed E-state index contributed by atoms with van der Waals surface area (Å²) in [5.41, 5.74) is -3.90. The van der Waals surface area contributed by atoms with Gasteiger partial charge < -0.3 is 0 Å². The van der Waals surface area contributed by atoms with Crippen molar-refractivity contribution in [1.29, 1.82) is 0 Å². The third kappa shape index (κ3) is 1.89. The molecular formula is C14H4F4N2O4. The average molecular weight is 340 g/mol. The Hall–Kier alpha value is -3.30. The minimum atomic E-state index is -2.42. The van der Waals surface area contributed by atoms with Crippen LogP contribution in [-0.2, 0) is 0 Å². The van der Waals surface area contributed by atoms with Gasteiger partial charge in [-0.15, -0.1) is 0 Å². The van der Waals surface area contributed by atoms with Gasteiger partial charge >= 0.3 is 5.69 Å². The zero-order valence-corrected chi connectivity index (χ0v) is 11.3. The standard InChI is InChI=1S/C14H4F4N2O4/c15-7-8(16)10(18)12(20(23)24)11(9(7)17)19-13(21)5-3-1-2-4-6(5)14(19)22/h1-4H. The molecule has 10 heteroatoms. The summed E-state index contributed by atoms with van der Waals surface area (Å²) >= 11 is 0. The Morgan fingerprint density at radius 3 is 1.75 bits per heavy atom. The Labute approximate surface area is 130 Å². The fourth-order valence-electron chi connectivity index (χ4n) is 2.37. The SMILES string of the molecule is O=C1c2ccccc2C(=O)N1c1c(F)c(F)c(F)c(F)c1[N+](=O)[O-]. The van der Waals surface area contributed by atoms with Gasteiger partial charge in [0.2, 0.25) is 11.6 Å². The molecule has 1 aliphatic rings. The number of carbonyl (C=O) groups excluding carboxylic acids is 2. The maximum absolute atomic E-state index is 14.1. The Bertz CT molecular complexity index is 910. The van der Waals surface area contributed by atoms with Crippen LogP contribution in [0.15, 0.2) is 24.3 Å². The van der Waals surface area contributed by atoms with Crippen molar-refractivity contribution < 1.29 is 32.1 Å². The molecule has 2 amide bonds. The predicted octanol–water partition coefficient (Wildman–Crippen LogP) is 2.95. The molecule has 0 atom stereocenters. The first kappa shape index (κ1) is 15.6. The van der Waals surface area contributed by atoms with Crippen LogP contribution in [0.1, 0.15) is 20.7 Å². The van der Waals surface area contributed by atoms with Crippen molar-refractivity contribution in [3.8, 4) is 0 Å². The van der Waals surface area contributed by atoms with Gasteiger partial charge in [-0.25, -0.2) is 18.1 Å². The highest BCUT2D eigenvalue weighted by atomic mass is 19.2. The summed E-state index contributed by atoms with van der Waals surface area (Å²) in [7, 11) is 0. The smallest absolute Gasteiger partial charge is 0.268 e. The second-order valence-corrected chi connectivity index (χ2v) is 4.70. The number of imide groups is 1. The molecule has 24 heavy (non-hydrogen) atoms. The number of amides is 2. The fraction of sp³-hybridized carbons (Fsp3) is 0. The molecule has 0 N–H and O–H groups in total. The van der Waals surface area contributed by atoms with E-state index in [0.29, 0.717) is 0 Å². The first-order valence-electron chi connectivity index (χ1n) is 6.25. The van der Waals surface area contributed by atoms with Crippen LogP contribution < -0.4 is 4.90 Å². The molecule has 6 nitrogen and oxygen atoms in total. The molecule has 122 valence electrons. The molecule has 0 spiro atoms. The summed E-state index contributed by atoms with van der Waals surface area (Å²) in [5, 5.41) is 11.0. The maximum Gasteiger partial charge on any atom is 0.335 e. The van der Waals surface area contributed by atoms with E-state index in [1.807, 2.05) is 0 Å². The Morgan fingerprint density at radius 2 is 1.29 bits per heavy atom. The number of fused-ring (bicyclic) bond motifs is 1. The van der Waals surface area contributed by atoms with Gasteiger partial charge in [0.1, 0.15) is 0 Å². The molecule has 0 saturated carbocycles. The topological polar surface area (TPSA) is 80.5 Å². The van der Waals surface area contributed by atoms with E-state index in [2.05, 4.69) is 0 Å². The molecule has 0 aliphatic carbocycles. The van der Waals surface area contributed by atoms with E-state index in [0.717, 1.165) is 0 Å². The molecule has 1 aliphatic heterocycles. The highest BCUT2D eigenvalue weighted by Gasteiger charge is 2.45. The number of nitrogens with zero attached hydrogens (tertiary/aromatic N) is 2. The summed E-state index contributed by atoms with van der Waals surface area (Å²) in [6, 6.07) is 5.08. The van der Waals surface area contributed by atoms with Crippen LogP contribution in [-0.4, -0.2) is 16.7 Å². The molecule has 0 saturated heterocycles. The van der Waals surface area contributed by atoms with Crippen molar-refractivity contribution in [1.82, 2.24) is 0 Å². The molecular weight excluding hydrogens is 336 g/mol. The Kier molecular flexibility index (Phi) is 3.32. The average Bonchev–Trinajstić information content (AvgIpc) is 2.80. The molecule has 0 unspecified atom stereocenters. The summed E-state index contributed by atoms with van der Waals surface area (Å²) in [6.45, 7) is 0. The lowest BCUT2D eigenvalue weighted by molar-refractivity contribution is -0.387. The van der Waals surface area contributed by atoms with Gasteiger partial charge in [0, 0.05) is 0 Å². The number of benzene rings is 2. The first-order valence-corrected chi connectivity index (χ1v) is 6.25. The maximum atomic E-state index is 14.1. The highest BCUT2D eigenvalue weighted by Crippen LogP contribution is 2.40. The normalized spacial score (nSPS) is 13.4. The van der Waals surface area contributed by atoms with E-state index in [1.165, 1.54) is 24.3 Å². The van der Waals surface area contributed by atoms with Crippen LogP contribution in [0.25, 0.3) is 0 Å². The lowest BCUT2D eigenvalue weighted by atomic mass is 10.1. The molecule has 1 heterocycles. The van der Waals surface area contributed by atoms with Crippen molar-refractivity contribution >= 4 is 23.2 Å². The monoisotopic (exact) mass is 340 g/mol. The van der Waals surface area contributed by atoms with Crippen molar-refractivity contribution in [3.05, 3.63) is 68.8 Å². The zero-order chi connectivity index (χ0) is 17.8. The molecule has 2 aromatic carbocycles. The number of nitro groups is 1. The molecule has 3 rings (SSSR count). The van der Waals surface area contributed by atoms with E-state index in [-0.39, 0.29) is 16.0 Å². The largest absolute Gasteiger partial charge is 0.335 e. The Morgan fingerprint density at radius 1 is 0.833 bits per heavy atom. The van der Waals surface area contributed by atoms with E-state index < -0.39 is 51.4 Å². The summed E-state index contributed by atoms with van der Waals surface area (Å²) < 4.78 is 54.5. The van der Waals surface area contributed by atoms with Gasteiger partial charge in [0.25, 0.3) is 11.8 Å². The summed E-state index contributed by atoms with van der Waals surface area (Å²) in [6.07, 6.45) is 0. The molecule has 0 fully saturated rings. The van der Waals surface area contributed by atoms with Crippen LogP contribution in [0.3, 0.4) is 0 Å². The van der Waals surface area contributed by atoms with E-state index in [4.69, 9.17) is 0 Å². The van der Waals surface area contributed by atoms with Gasteiger partial charge in [-0.2, -0.15) is 4.39 Å². The van der Waals surface area contributed by atoms with Crippen molar-refractivity contribution in [3.63, 3.8) is 0 Å². The number of hydrogen-bond acceptors (Lipinski definition) is 4. The fourth-order valence-corrected chi connectivity index (χ4v) is 2.37. The minimum absolute atomic E-state index is 0.0796. The lowest BCUT2D eigenvalue weighted by Gasteiger charge is -2.15. The lowest BCUT2D eigenvalue weighted by Crippen LogP contribution is -2.32. The number of anilines is 1. The number of hydrogen-bond donors (Lipinski definition) is 0. The number of rotatable bonds is 2. The van der Waals surface area contributed by atoms with Gasteiger partial charge in [0.05, 0.1) is 16.1 Å². The highest BCUT2D eigenvalue weighted by molar-refractivity contribution is 6.35. The van der Waals surface area contributed by atoms with Crippen molar-refractivity contribution in [2.24, 2.45) is 0 Å². The van der Waals surface area contributed by atoms with Gasteiger partial charge in [-0.05, 0) is 12.1 Å². The minimum Gasteiger partial charge on any atom is -0.268 e. The quantitative estimate of drug-likeness (QED) is 0.210. The van der Waals surface area contributed by atoms with Crippen LogP contribution in [0, 0.1) is 33.4 Å². The number of halogens is 4. The summed E-state index contributed by atoms with van der Waals surface area (Å²) in [4.78, 5) is 33.8. The number of carbonyl (C=O) groups is 2. The van der Waals surface area contributed by atoms with Crippen LogP contribution in [0.2, 0.25) is 0 Å². The van der Waals surface area contributed by atoms with Crippen molar-refractivity contribution in [2.45, 2.75) is 0 Å². The molecule has 0 radical (unpaired) electrons. The van der Waals surface area contributed by atoms with Crippen molar-refractivity contribution in [2.75, 3.05) is 4.90 Å². The van der Waals surface area contributed by atoms with Gasteiger partial charge in [-0.3, -0.25) is 19.7 Å². The van der Waals surface area contributed by atoms with E-state index in [9.17, 15) is 37.3 Å². The van der Waals surface area contributed by atoms with E-state index in [1.54, 1.807) is 0 Å².